The van der Waals surface area contributed by atoms with Gasteiger partial charge in [0.25, 0.3) is 0 Å². The maximum atomic E-state index is 11.6. The van der Waals surface area contributed by atoms with Crippen molar-refractivity contribution in [1.82, 2.24) is 0 Å². The van der Waals surface area contributed by atoms with E-state index in [4.69, 9.17) is 15.2 Å². The summed E-state index contributed by atoms with van der Waals surface area (Å²) in [5.74, 6) is 0.647. The molecule has 17 heavy (non-hydrogen) atoms. The number of halogens is 1. The summed E-state index contributed by atoms with van der Waals surface area (Å²) in [6.45, 7) is 0. The van der Waals surface area contributed by atoms with Gasteiger partial charge in [0, 0.05) is 17.9 Å². The van der Waals surface area contributed by atoms with Crippen LogP contribution < -0.4 is 15.2 Å². The van der Waals surface area contributed by atoms with Crippen LogP contribution in [0.2, 0.25) is 0 Å². The first-order valence-electron chi connectivity index (χ1n) is 4.67. The molecule has 0 radical (unpaired) electrons. The van der Waals surface area contributed by atoms with Crippen LogP contribution in [0.15, 0.2) is 17.0 Å². The Kier molecular flexibility index (Phi) is 4.40. The van der Waals surface area contributed by atoms with E-state index in [0.29, 0.717) is 11.3 Å². The molecule has 1 aromatic carbocycles. The molecule has 96 valence electrons. The van der Waals surface area contributed by atoms with Crippen molar-refractivity contribution in [1.29, 1.82) is 0 Å². The summed E-state index contributed by atoms with van der Waals surface area (Å²) >= 11 is 3.21. The summed E-state index contributed by atoms with van der Waals surface area (Å²) in [4.78, 5) is -0.381. The number of nitrogens with two attached hydrogens (primary N) is 1. The molecular weight excluding hydrogens is 310 g/mol. The Morgan fingerprint density at radius 2 is 1.76 bits per heavy atom. The van der Waals surface area contributed by atoms with Gasteiger partial charge in [-0.15, -0.1) is 0 Å². The molecule has 0 heterocycles. The van der Waals surface area contributed by atoms with E-state index in [-0.39, 0.29) is 10.6 Å². The fourth-order valence-electron chi connectivity index (χ4n) is 1.40. The molecule has 0 aliphatic carbocycles. The average Bonchev–Trinajstić information content (AvgIpc) is 2.25. The zero-order valence-corrected chi connectivity index (χ0v) is 12.1. The van der Waals surface area contributed by atoms with Crippen LogP contribution in [-0.2, 0) is 9.84 Å². The minimum absolute atomic E-state index is 0.0775. The van der Waals surface area contributed by atoms with Crippen LogP contribution in [-0.4, -0.2) is 28.9 Å². The molecule has 2 N–H and O–H groups in total. The maximum absolute atomic E-state index is 11.6. The molecular formula is C10H14BrNO4S. The van der Waals surface area contributed by atoms with Crippen LogP contribution in [0, 0.1) is 0 Å². The third-order valence-electron chi connectivity index (χ3n) is 2.21. The fraction of sp³-hybridized carbons (Fsp3) is 0.400. The van der Waals surface area contributed by atoms with Gasteiger partial charge in [0.1, 0.15) is 16.4 Å². The Balaban J connectivity index is 3.55. The molecule has 0 amide bonds. The lowest BCUT2D eigenvalue weighted by molar-refractivity contribution is 0.389. The third-order valence-corrected chi connectivity index (χ3v) is 3.82. The number of methoxy groups -OCH3 is 2. The van der Waals surface area contributed by atoms with Gasteiger partial charge < -0.3 is 15.2 Å². The number of ether oxygens (including phenoxy) is 2. The van der Waals surface area contributed by atoms with Gasteiger partial charge in [-0.3, -0.25) is 0 Å². The van der Waals surface area contributed by atoms with E-state index in [1.165, 1.54) is 20.3 Å². The molecule has 0 bridgehead atoms. The van der Waals surface area contributed by atoms with Crippen LogP contribution >= 0.6 is 15.9 Å². The van der Waals surface area contributed by atoms with E-state index < -0.39 is 14.8 Å². The second-order valence-electron chi connectivity index (χ2n) is 3.42. The highest BCUT2D eigenvalue weighted by Gasteiger charge is 2.20. The minimum Gasteiger partial charge on any atom is -0.496 e. The zero-order chi connectivity index (χ0) is 13.2. The number of sulfone groups is 1. The molecule has 0 saturated heterocycles. The van der Waals surface area contributed by atoms with Crippen molar-refractivity contribution in [2.45, 2.75) is 9.85 Å². The lowest BCUT2D eigenvalue weighted by Crippen LogP contribution is -2.08. The maximum Gasteiger partial charge on any atom is 0.179 e. The Labute approximate surface area is 109 Å². The first-order valence-corrected chi connectivity index (χ1v) is 7.47. The van der Waals surface area contributed by atoms with Crippen molar-refractivity contribution in [3.8, 4) is 11.5 Å². The number of hydrogen-bond acceptors (Lipinski definition) is 5. The van der Waals surface area contributed by atoms with E-state index in [1.807, 2.05) is 0 Å². The Hall–Kier alpha value is -0.790. The standard InChI is InChI=1S/C10H14BrNO4S/c1-15-7-5-9(17(3,13)14)8(16-2)4-6(7)10(11)12/h4-5,10H,12H2,1-3H3. The molecule has 0 fully saturated rings. The van der Waals surface area contributed by atoms with Crippen molar-refractivity contribution >= 4 is 25.8 Å². The predicted octanol–water partition coefficient (Wildman–Crippen LogP) is 1.46. The van der Waals surface area contributed by atoms with Gasteiger partial charge in [-0.05, 0) is 6.07 Å². The summed E-state index contributed by atoms with van der Waals surface area (Å²) in [5, 5.41) is 0. The van der Waals surface area contributed by atoms with Gasteiger partial charge in [-0.2, -0.15) is 0 Å². The fourth-order valence-corrected chi connectivity index (χ4v) is 2.59. The molecule has 0 aromatic heterocycles. The summed E-state index contributed by atoms with van der Waals surface area (Å²) in [6, 6.07) is 2.96. The normalized spacial score (nSPS) is 13.2. The smallest absolute Gasteiger partial charge is 0.179 e. The van der Waals surface area contributed by atoms with Crippen LogP contribution in [0.25, 0.3) is 0 Å². The number of benzene rings is 1. The molecule has 5 nitrogen and oxygen atoms in total. The van der Waals surface area contributed by atoms with Crippen molar-refractivity contribution in [2.75, 3.05) is 20.5 Å². The van der Waals surface area contributed by atoms with Gasteiger partial charge in [0.2, 0.25) is 0 Å². The summed E-state index contributed by atoms with van der Waals surface area (Å²) in [7, 11) is -0.528. The Morgan fingerprint density at radius 1 is 1.24 bits per heavy atom. The number of rotatable bonds is 4. The minimum atomic E-state index is -3.38. The quantitative estimate of drug-likeness (QED) is 0.670. The van der Waals surface area contributed by atoms with E-state index in [9.17, 15) is 8.42 Å². The van der Waals surface area contributed by atoms with Crippen LogP contribution in [0.4, 0.5) is 0 Å². The van der Waals surface area contributed by atoms with Gasteiger partial charge in [-0.1, -0.05) is 15.9 Å². The first kappa shape index (κ1) is 14.3. The summed E-state index contributed by atoms with van der Waals surface area (Å²) in [5.41, 5.74) is 6.33. The first-order chi connectivity index (χ1) is 7.81. The lowest BCUT2D eigenvalue weighted by atomic mass is 10.2. The molecule has 0 aliphatic rings. The molecule has 1 rings (SSSR count). The van der Waals surface area contributed by atoms with Crippen molar-refractivity contribution < 1.29 is 17.9 Å². The van der Waals surface area contributed by atoms with E-state index >= 15 is 0 Å². The molecule has 1 atom stereocenters. The molecule has 1 aromatic rings. The molecule has 0 saturated carbocycles. The second kappa shape index (κ2) is 5.24. The molecule has 0 aliphatic heterocycles. The highest BCUT2D eigenvalue weighted by molar-refractivity contribution is 9.09. The van der Waals surface area contributed by atoms with Crippen molar-refractivity contribution in [2.24, 2.45) is 5.73 Å². The highest BCUT2D eigenvalue weighted by atomic mass is 79.9. The van der Waals surface area contributed by atoms with Gasteiger partial charge in [-0.25, -0.2) is 8.42 Å². The van der Waals surface area contributed by atoms with Crippen molar-refractivity contribution in [3.63, 3.8) is 0 Å². The monoisotopic (exact) mass is 323 g/mol. The van der Waals surface area contributed by atoms with E-state index in [1.54, 1.807) is 6.07 Å². The highest BCUT2D eigenvalue weighted by Crippen LogP contribution is 2.36. The van der Waals surface area contributed by atoms with Crippen LogP contribution in [0.5, 0.6) is 11.5 Å². The Bertz CT molecular complexity index is 513. The number of alkyl halides is 1. The summed E-state index contributed by atoms with van der Waals surface area (Å²) in [6.07, 6.45) is 1.11. The van der Waals surface area contributed by atoms with Gasteiger partial charge in [0.05, 0.1) is 19.2 Å². The topological polar surface area (TPSA) is 78.6 Å². The lowest BCUT2D eigenvalue weighted by Gasteiger charge is -2.15. The van der Waals surface area contributed by atoms with Crippen LogP contribution in [0.3, 0.4) is 0 Å². The number of hydrogen-bond donors (Lipinski definition) is 1. The predicted molar refractivity (Wildman–Crippen MR) is 68.5 cm³/mol. The molecule has 0 spiro atoms. The zero-order valence-electron chi connectivity index (χ0n) is 9.73. The third kappa shape index (κ3) is 3.11. The summed E-state index contributed by atoms with van der Waals surface area (Å²) < 4.78 is 33.3. The largest absolute Gasteiger partial charge is 0.496 e. The van der Waals surface area contributed by atoms with Crippen molar-refractivity contribution in [3.05, 3.63) is 17.7 Å². The molecule has 7 heteroatoms. The Morgan fingerprint density at radius 3 is 2.12 bits per heavy atom. The van der Waals surface area contributed by atoms with Gasteiger partial charge in [0.15, 0.2) is 9.84 Å². The second-order valence-corrected chi connectivity index (χ2v) is 6.39. The average molecular weight is 324 g/mol. The van der Waals surface area contributed by atoms with Crippen LogP contribution in [0.1, 0.15) is 10.5 Å². The molecule has 1 unspecified atom stereocenters. The SMILES string of the molecule is COc1cc(S(C)(=O)=O)c(OC)cc1C(N)Br. The van der Waals surface area contributed by atoms with E-state index in [2.05, 4.69) is 15.9 Å². The van der Waals surface area contributed by atoms with Gasteiger partial charge >= 0.3 is 0 Å². The van der Waals surface area contributed by atoms with E-state index in [0.717, 1.165) is 6.26 Å².